The van der Waals surface area contributed by atoms with Crippen molar-refractivity contribution in [2.24, 2.45) is 11.8 Å². The van der Waals surface area contributed by atoms with Crippen molar-refractivity contribution >= 4 is 5.97 Å². The van der Waals surface area contributed by atoms with Crippen molar-refractivity contribution in [2.75, 3.05) is 13.1 Å². The molecule has 0 aromatic rings. The van der Waals surface area contributed by atoms with Crippen LogP contribution >= 0.6 is 0 Å². The van der Waals surface area contributed by atoms with E-state index >= 15 is 0 Å². The van der Waals surface area contributed by atoms with Gasteiger partial charge in [-0.15, -0.1) is 0 Å². The Bertz CT molecular complexity index is 273. The van der Waals surface area contributed by atoms with Gasteiger partial charge in [-0.3, -0.25) is 9.69 Å². The van der Waals surface area contributed by atoms with Crippen LogP contribution in [0.2, 0.25) is 0 Å². The number of ether oxygens (including phenoxy) is 1. The summed E-state index contributed by atoms with van der Waals surface area (Å²) in [5, 5.41) is 0. The fourth-order valence-electron chi connectivity index (χ4n) is 2.51. The Kier molecular flexibility index (Phi) is 5.20. The lowest BCUT2D eigenvalue weighted by Gasteiger charge is -2.37. The first-order chi connectivity index (χ1) is 8.20. The minimum atomic E-state index is -0.387. The lowest BCUT2D eigenvalue weighted by Crippen LogP contribution is -2.46. The Morgan fingerprint density at radius 3 is 2.06 bits per heavy atom. The summed E-state index contributed by atoms with van der Waals surface area (Å²) in [5.41, 5.74) is -0.387. The van der Waals surface area contributed by atoms with Gasteiger partial charge in [0.05, 0.1) is 0 Å². The Balaban J connectivity index is 2.45. The molecule has 0 spiro atoms. The predicted molar refractivity (Wildman–Crippen MR) is 74.4 cm³/mol. The minimum Gasteiger partial charge on any atom is -0.459 e. The second-order valence-corrected chi connectivity index (χ2v) is 6.83. The summed E-state index contributed by atoms with van der Waals surface area (Å²) in [5.74, 6) is 1.47. The first-order valence-corrected chi connectivity index (χ1v) is 7.17. The largest absolute Gasteiger partial charge is 0.459 e. The quantitative estimate of drug-likeness (QED) is 0.726. The molecule has 0 bridgehead atoms. The van der Waals surface area contributed by atoms with Crippen LogP contribution in [0.3, 0.4) is 0 Å². The number of rotatable bonds is 3. The van der Waals surface area contributed by atoms with E-state index in [0.29, 0.717) is 0 Å². The molecule has 1 fully saturated rings. The van der Waals surface area contributed by atoms with Crippen LogP contribution in [0.1, 0.15) is 54.4 Å². The topological polar surface area (TPSA) is 29.5 Å². The van der Waals surface area contributed by atoms with Crippen LogP contribution in [0.25, 0.3) is 0 Å². The normalized spacial score (nSPS) is 21.1. The van der Waals surface area contributed by atoms with Gasteiger partial charge in [0, 0.05) is 0 Å². The van der Waals surface area contributed by atoms with Crippen LogP contribution < -0.4 is 0 Å². The molecule has 0 N–H and O–H groups in total. The summed E-state index contributed by atoms with van der Waals surface area (Å²) in [7, 11) is 0. The third-order valence-electron chi connectivity index (χ3n) is 3.81. The van der Waals surface area contributed by atoms with Gasteiger partial charge in [0.25, 0.3) is 0 Å². The first-order valence-electron chi connectivity index (χ1n) is 7.17. The zero-order valence-electron chi connectivity index (χ0n) is 12.8. The van der Waals surface area contributed by atoms with Crippen molar-refractivity contribution in [3.8, 4) is 0 Å². The highest BCUT2D eigenvalue weighted by Gasteiger charge is 2.30. The maximum atomic E-state index is 12.0. The first kappa shape index (κ1) is 15.5. The summed E-state index contributed by atoms with van der Waals surface area (Å²) in [6, 6.07) is -0.114. The second-order valence-electron chi connectivity index (χ2n) is 6.83. The van der Waals surface area contributed by atoms with Gasteiger partial charge in [-0.05, 0) is 65.5 Å². The monoisotopic (exact) mass is 255 g/mol. The number of carbonyl (C=O) groups excluding carboxylic acids is 1. The van der Waals surface area contributed by atoms with Crippen molar-refractivity contribution in [3.05, 3.63) is 0 Å². The highest BCUT2D eigenvalue weighted by atomic mass is 16.6. The van der Waals surface area contributed by atoms with E-state index < -0.39 is 0 Å². The van der Waals surface area contributed by atoms with Crippen LogP contribution in [0.4, 0.5) is 0 Å². The molecule has 18 heavy (non-hydrogen) atoms. The summed E-state index contributed by atoms with van der Waals surface area (Å²) >= 11 is 0. The molecule has 0 radical (unpaired) electrons. The Morgan fingerprint density at radius 1 is 1.17 bits per heavy atom. The van der Waals surface area contributed by atoms with E-state index in [0.717, 1.165) is 24.9 Å². The van der Waals surface area contributed by atoms with E-state index in [1.54, 1.807) is 0 Å². The Hall–Kier alpha value is -0.570. The number of esters is 1. The summed E-state index contributed by atoms with van der Waals surface area (Å²) in [4.78, 5) is 14.3. The van der Waals surface area contributed by atoms with Crippen LogP contribution in [0.5, 0.6) is 0 Å². The van der Waals surface area contributed by atoms with Crippen molar-refractivity contribution < 1.29 is 9.53 Å². The van der Waals surface area contributed by atoms with Crippen LogP contribution in [0.15, 0.2) is 0 Å². The van der Waals surface area contributed by atoms with Crippen LogP contribution in [0, 0.1) is 11.8 Å². The van der Waals surface area contributed by atoms with E-state index in [1.807, 2.05) is 27.7 Å². The highest BCUT2D eigenvalue weighted by molar-refractivity contribution is 5.75. The number of hydrogen-bond acceptors (Lipinski definition) is 3. The van der Waals surface area contributed by atoms with Gasteiger partial charge in [-0.2, -0.15) is 0 Å². The molecule has 0 aromatic carbocycles. The summed E-state index contributed by atoms with van der Waals surface area (Å²) in [6.07, 6.45) is 2.40. The van der Waals surface area contributed by atoms with Crippen molar-refractivity contribution in [2.45, 2.75) is 66.0 Å². The molecule has 1 heterocycles. The zero-order valence-corrected chi connectivity index (χ0v) is 12.8. The number of nitrogens with zero attached hydrogens (tertiary/aromatic N) is 1. The van der Waals surface area contributed by atoms with Gasteiger partial charge in [-0.25, -0.2) is 0 Å². The number of piperidine rings is 1. The molecular weight excluding hydrogens is 226 g/mol. The molecule has 0 amide bonds. The fourth-order valence-corrected chi connectivity index (χ4v) is 2.51. The van der Waals surface area contributed by atoms with Gasteiger partial charge in [-0.1, -0.05) is 13.8 Å². The fraction of sp³-hybridized carbons (Fsp3) is 0.933. The molecule has 0 aromatic heterocycles. The van der Waals surface area contributed by atoms with Gasteiger partial charge < -0.3 is 4.74 Å². The lowest BCUT2D eigenvalue weighted by atomic mass is 9.86. The standard InChI is InChI=1S/C15H29NO2/c1-11(2)13-7-9-16(10-8-13)12(3)14(17)18-15(4,5)6/h11-13H,7-10H2,1-6H3. The van der Waals surface area contributed by atoms with Crippen molar-refractivity contribution in [1.82, 2.24) is 4.90 Å². The predicted octanol–water partition coefficient (Wildman–Crippen LogP) is 3.08. The second kappa shape index (κ2) is 6.05. The molecule has 106 valence electrons. The van der Waals surface area contributed by atoms with Crippen molar-refractivity contribution in [3.63, 3.8) is 0 Å². The van der Waals surface area contributed by atoms with Crippen LogP contribution in [-0.2, 0) is 9.53 Å². The maximum absolute atomic E-state index is 12.0. The molecule has 0 saturated carbocycles. The molecule has 1 atom stereocenters. The van der Waals surface area contributed by atoms with E-state index in [9.17, 15) is 4.79 Å². The Labute approximate surface area is 112 Å². The van der Waals surface area contributed by atoms with Gasteiger partial charge in [0.1, 0.15) is 11.6 Å². The SMILES string of the molecule is CC(C)C1CCN(C(C)C(=O)OC(C)(C)C)CC1. The molecule has 1 saturated heterocycles. The smallest absolute Gasteiger partial charge is 0.323 e. The third-order valence-corrected chi connectivity index (χ3v) is 3.81. The molecular formula is C15H29NO2. The van der Waals surface area contributed by atoms with E-state index in [1.165, 1.54) is 12.8 Å². The molecule has 1 aliphatic rings. The summed E-state index contributed by atoms with van der Waals surface area (Å²) in [6.45, 7) is 14.3. The average molecular weight is 255 g/mol. The highest BCUT2D eigenvalue weighted by Crippen LogP contribution is 2.25. The van der Waals surface area contributed by atoms with E-state index in [-0.39, 0.29) is 17.6 Å². The molecule has 1 unspecified atom stereocenters. The molecule has 3 nitrogen and oxygen atoms in total. The number of likely N-dealkylation sites (tertiary alicyclic amines) is 1. The third kappa shape index (κ3) is 4.60. The van der Waals surface area contributed by atoms with Gasteiger partial charge in [0.15, 0.2) is 0 Å². The lowest BCUT2D eigenvalue weighted by molar-refractivity contribution is -0.161. The van der Waals surface area contributed by atoms with E-state index in [4.69, 9.17) is 4.74 Å². The van der Waals surface area contributed by atoms with Crippen LogP contribution in [-0.4, -0.2) is 35.6 Å². The molecule has 1 rings (SSSR count). The average Bonchev–Trinajstić information content (AvgIpc) is 2.26. The molecule has 0 aliphatic carbocycles. The zero-order chi connectivity index (χ0) is 13.9. The van der Waals surface area contributed by atoms with Gasteiger partial charge in [0.2, 0.25) is 0 Å². The molecule has 1 aliphatic heterocycles. The van der Waals surface area contributed by atoms with Crippen molar-refractivity contribution in [1.29, 1.82) is 0 Å². The molecule has 3 heteroatoms. The summed E-state index contributed by atoms with van der Waals surface area (Å²) < 4.78 is 5.45. The Morgan fingerprint density at radius 2 is 1.67 bits per heavy atom. The van der Waals surface area contributed by atoms with E-state index in [2.05, 4.69) is 18.7 Å². The number of hydrogen-bond donors (Lipinski definition) is 0. The van der Waals surface area contributed by atoms with Gasteiger partial charge >= 0.3 is 5.97 Å². The maximum Gasteiger partial charge on any atom is 0.323 e. The number of carbonyl (C=O) groups is 1. The minimum absolute atomic E-state index is 0.0921.